The standard InChI is InChI=1S/C24H21FN4O4S/c1-16-7-12-19(15-21(16)29-34(31,32)20-5-3-2-4-6-20)26-22(30)13-14-23-27-24(28-33-23)17-8-10-18(25)11-9-17/h2-12,15,29H,13-14H2,1H3,(H,26,30). The van der Waals surface area contributed by atoms with Crippen molar-refractivity contribution < 1.29 is 22.1 Å². The first-order chi connectivity index (χ1) is 16.3. The molecular weight excluding hydrogens is 459 g/mol. The van der Waals surface area contributed by atoms with Crippen molar-refractivity contribution in [3.63, 3.8) is 0 Å². The highest BCUT2D eigenvalue weighted by Gasteiger charge is 2.16. The number of carbonyl (C=O) groups is 1. The second kappa shape index (κ2) is 9.84. The first-order valence-corrected chi connectivity index (χ1v) is 11.9. The van der Waals surface area contributed by atoms with Gasteiger partial charge in [-0.15, -0.1) is 0 Å². The van der Waals surface area contributed by atoms with Gasteiger partial charge in [0, 0.05) is 24.1 Å². The van der Waals surface area contributed by atoms with E-state index >= 15 is 0 Å². The summed E-state index contributed by atoms with van der Waals surface area (Å²) < 4.78 is 46.0. The Morgan fingerprint density at radius 2 is 1.76 bits per heavy atom. The maximum Gasteiger partial charge on any atom is 0.261 e. The number of aromatic nitrogens is 2. The number of aryl methyl sites for hydroxylation is 2. The van der Waals surface area contributed by atoms with E-state index < -0.39 is 10.0 Å². The van der Waals surface area contributed by atoms with E-state index in [4.69, 9.17) is 4.52 Å². The van der Waals surface area contributed by atoms with E-state index in [2.05, 4.69) is 20.2 Å². The summed E-state index contributed by atoms with van der Waals surface area (Å²) >= 11 is 0. The van der Waals surface area contributed by atoms with Gasteiger partial charge in [0.25, 0.3) is 10.0 Å². The van der Waals surface area contributed by atoms with Crippen LogP contribution in [-0.4, -0.2) is 24.5 Å². The van der Waals surface area contributed by atoms with E-state index in [-0.39, 0.29) is 35.4 Å². The topological polar surface area (TPSA) is 114 Å². The molecule has 4 aromatic rings. The van der Waals surface area contributed by atoms with Crippen molar-refractivity contribution in [2.24, 2.45) is 0 Å². The number of anilines is 2. The van der Waals surface area contributed by atoms with Crippen LogP contribution < -0.4 is 10.0 Å². The minimum Gasteiger partial charge on any atom is -0.339 e. The van der Waals surface area contributed by atoms with Gasteiger partial charge in [-0.1, -0.05) is 29.4 Å². The smallest absolute Gasteiger partial charge is 0.261 e. The van der Waals surface area contributed by atoms with Crippen LogP contribution >= 0.6 is 0 Å². The van der Waals surface area contributed by atoms with Crippen LogP contribution in [0.25, 0.3) is 11.4 Å². The molecule has 3 aromatic carbocycles. The molecule has 0 aliphatic rings. The molecule has 0 aliphatic heterocycles. The van der Waals surface area contributed by atoms with Gasteiger partial charge in [0.15, 0.2) is 0 Å². The molecule has 0 spiro atoms. The van der Waals surface area contributed by atoms with E-state index in [1.54, 1.807) is 43.3 Å². The monoisotopic (exact) mass is 480 g/mol. The molecular formula is C24H21FN4O4S. The first kappa shape index (κ1) is 23.1. The zero-order valence-electron chi connectivity index (χ0n) is 18.2. The average molecular weight is 481 g/mol. The molecule has 1 aromatic heterocycles. The van der Waals surface area contributed by atoms with Crippen molar-refractivity contribution >= 4 is 27.3 Å². The molecule has 4 rings (SSSR count). The summed E-state index contributed by atoms with van der Waals surface area (Å²) in [6, 6.07) is 18.7. The number of nitrogens with zero attached hydrogens (tertiary/aromatic N) is 2. The average Bonchev–Trinajstić information content (AvgIpc) is 3.30. The van der Waals surface area contributed by atoms with Crippen LogP contribution in [0, 0.1) is 12.7 Å². The zero-order chi connectivity index (χ0) is 24.1. The summed E-state index contributed by atoms with van der Waals surface area (Å²) in [5.74, 6) is -0.0857. The Kier molecular flexibility index (Phi) is 6.69. The number of benzene rings is 3. The van der Waals surface area contributed by atoms with Crippen LogP contribution in [0.4, 0.5) is 15.8 Å². The van der Waals surface area contributed by atoms with Crippen molar-refractivity contribution in [3.05, 3.63) is 90.1 Å². The summed E-state index contributed by atoms with van der Waals surface area (Å²) in [5, 5.41) is 6.60. The Morgan fingerprint density at radius 3 is 2.50 bits per heavy atom. The van der Waals surface area contributed by atoms with E-state index in [0.717, 1.165) is 0 Å². The molecule has 0 aliphatic carbocycles. The number of hydrogen-bond donors (Lipinski definition) is 2. The Hall–Kier alpha value is -4.05. The molecule has 2 N–H and O–H groups in total. The summed E-state index contributed by atoms with van der Waals surface area (Å²) in [7, 11) is -3.76. The van der Waals surface area contributed by atoms with E-state index in [1.807, 2.05) is 0 Å². The zero-order valence-corrected chi connectivity index (χ0v) is 19.0. The summed E-state index contributed by atoms with van der Waals surface area (Å²) in [6.45, 7) is 1.77. The molecule has 0 saturated carbocycles. The second-order valence-corrected chi connectivity index (χ2v) is 9.20. The van der Waals surface area contributed by atoms with Crippen LogP contribution in [0.2, 0.25) is 0 Å². The summed E-state index contributed by atoms with van der Waals surface area (Å²) in [5.41, 5.74) is 2.11. The minimum atomic E-state index is -3.76. The molecule has 0 bridgehead atoms. The molecule has 0 atom stereocenters. The second-order valence-electron chi connectivity index (χ2n) is 7.52. The lowest BCUT2D eigenvalue weighted by atomic mass is 10.2. The van der Waals surface area contributed by atoms with Gasteiger partial charge in [-0.05, 0) is 61.0 Å². The lowest BCUT2D eigenvalue weighted by Gasteiger charge is -2.13. The minimum absolute atomic E-state index is 0.0734. The predicted molar refractivity (Wildman–Crippen MR) is 125 cm³/mol. The third-order valence-corrected chi connectivity index (χ3v) is 6.34. The number of rotatable bonds is 8. The van der Waals surface area contributed by atoms with E-state index in [1.165, 1.54) is 36.4 Å². The van der Waals surface area contributed by atoms with Crippen molar-refractivity contribution in [2.45, 2.75) is 24.7 Å². The number of nitrogens with one attached hydrogen (secondary N) is 2. The third-order valence-electron chi connectivity index (χ3n) is 4.96. The quantitative estimate of drug-likeness (QED) is 0.382. The summed E-state index contributed by atoms with van der Waals surface area (Å²) in [6.07, 6.45) is 0.281. The normalized spacial score (nSPS) is 11.2. The predicted octanol–water partition coefficient (Wildman–Crippen LogP) is 4.56. The number of hydrogen-bond acceptors (Lipinski definition) is 6. The van der Waals surface area contributed by atoms with Crippen LogP contribution in [-0.2, 0) is 21.2 Å². The molecule has 0 saturated heterocycles. The largest absolute Gasteiger partial charge is 0.339 e. The molecule has 8 nitrogen and oxygen atoms in total. The van der Waals surface area contributed by atoms with Crippen LogP contribution in [0.3, 0.4) is 0 Å². The molecule has 1 amide bonds. The third kappa shape index (κ3) is 5.65. The molecule has 0 unspecified atom stereocenters. The fourth-order valence-corrected chi connectivity index (χ4v) is 4.27. The molecule has 10 heteroatoms. The first-order valence-electron chi connectivity index (χ1n) is 10.4. The highest BCUT2D eigenvalue weighted by atomic mass is 32.2. The van der Waals surface area contributed by atoms with Crippen molar-refractivity contribution in [3.8, 4) is 11.4 Å². The fourth-order valence-electron chi connectivity index (χ4n) is 3.13. The molecule has 34 heavy (non-hydrogen) atoms. The number of halogens is 1. The molecule has 0 radical (unpaired) electrons. The molecule has 1 heterocycles. The van der Waals surface area contributed by atoms with Crippen LogP contribution in [0.15, 0.2) is 82.2 Å². The van der Waals surface area contributed by atoms with Gasteiger partial charge in [-0.2, -0.15) is 4.98 Å². The maximum absolute atomic E-state index is 13.1. The Labute approximate surface area is 195 Å². The Morgan fingerprint density at radius 1 is 1.03 bits per heavy atom. The molecule has 0 fully saturated rings. The van der Waals surface area contributed by atoms with Gasteiger partial charge in [-0.3, -0.25) is 9.52 Å². The maximum atomic E-state index is 13.1. The number of amides is 1. The van der Waals surface area contributed by atoms with Crippen molar-refractivity contribution in [2.75, 3.05) is 10.0 Å². The van der Waals surface area contributed by atoms with Gasteiger partial charge in [0.2, 0.25) is 17.6 Å². The van der Waals surface area contributed by atoms with Crippen molar-refractivity contribution in [1.29, 1.82) is 0 Å². The summed E-state index contributed by atoms with van der Waals surface area (Å²) in [4.78, 5) is 16.8. The lowest BCUT2D eigenvalue weighted by Crippen LogP contribution is -2.15. The van der Waals surface area contributed by atoms with E-state index in [9.17, 15) is 17.6 Å². The van der Waals surface area contributed by atoms with Crippen molar-refractivity contribution in [1.82, 2.24) is 10.1 Å². The SMILES string of the molecule is Cc1ccc(NC(=O)CCc2nc(-c3ccc(F)cc3)no2)cc1NS(=O)(=O)c1ccccc1. The van der Waals surface area contributed by atoms with Crippen LogP contribution in [0.1, 0.15) is 17.9 Å². The molecule has 174 valence electrons. The Bertz CT molecular complexity index is 1400. The van der Waals surface area contributed by atoms with Gasteiger partial charge in [-0.25, -0.2) is 12.8 Å². The van der Waals surface area contributed by atoms with Gasteiger partial charge < -0.3 is 9.84 Å². The highest BCUT2D eigenvalue weighted by Crippen LogP contribution is 2.24. The Balaban J connectivity index is 1.38. The van der Waals surface area contributed by atoms with Gasteiger partial charge in [0.05, 0.1) is 10.6 Å². The van der Waals surface area contributed by atoms with Gasteiger partial charge in [0.1, 0.15) is 5.82 Å². The van der Waals surface area contributed by atoms with E-state index in [0.29, 0.717) is 28.3 Å². The highest BCUT2D eigenvalue weighted by molar-refractivity contribution is 7.92. The fraction of sp³-hybridized carbons (Fsp3) is 0.125. The number of carbonyl (C=O) groups excluding carboxylic acids is 1. The lowest BCUT2D eigenvalue weighted by molar-refractivity contribution is -0.116. The van der Waals surface area contributed by atoms with Gasteiger partial charge >= 0.3 is 0 Å². The van der Waals surface area contributed by atoms with Crippen LogP contribution in [0.5, 0.6) is 0 Å². The number of sulfonamides is 1.